The van der Waals surface area contributed by atoms with Gasteiger partial charge in [0.15, 0.2) is 0 Å². The van der Waals surface area contributed by atoms with Crippen LogP contribution in [0.25, 0.3) is 0 Å². The fraction of sp³-hybridized carbons (Fsp3) is 0.955. The molecule has 0 spiro atoms. The first-order valence-electron chi connectivity index (χ1n) is 10.7. The fourth-order valence-corrected chi connectivity index (χ4v) is 3.87. The fourth-order valence-electron chi connectivity index (χ4n) is 3.87. The van der Waals surface area contributed by atoms with Crippen molar-refractivity contribution >= 4 is 5.97 Å². The molecule has 0 fully saturated rings. The lowest BCUT2D eigenvalue weighted by molar-refractivity contribution is -0.154. The number of hydrogen-bond donors (Lipinski definition) is 0. The summed E-state index contributed by atoms with van der Waals surface area (Å²) in [6.45, 7) is 8.82. The molecule has 0 aromatic carbocycles. The van der Waals surface area contributed by atoms with E-state index in [4.69, 9.17) is 0 Å². The zero-order valence-electron chi connectivity index (χ0n) is 17.0. The van der Waals surface area contributed by atoms with Crippen LogP contribution in [0, 0.1) is 11.3 Å². The molecule has 0 amide bonds. The lowest BCUT2D eigenvalue weighted by Gasteiger charge is -2.35. The van der Waals surface area contributed by atoms with E-state index in [9.17, 15) is 9.90 Å². The van der Waals surface area contributed by atoms with E-state index in [2.05, 4.69) is 27.7 Å². The van der Waals surface area contributed by atoms with Crippen molar-refractivity contribution in [3.63, 3.8) is 0 Å². The Bertz CT molecular complexity index is 290. The van der Waals surface area contributed by atoms with Crippen molar-refractivity contribution in [3.8, 4) is 0 Å². The second-order valence-corrected chi connectivity index (χ2v) is 8.00. The first kappa shape index (κ1) is 23.5. The van der Waals surface area contributed by atoms with E-state index in [1.807, 2.05) is 0 Å². The Balaban J connectivity index is 4.33. The summed E-state index contributed by atoms with van der Waals surface area (Å²) in [6.07, 6.45) is 17.5. The van der Waals surface area contributed by atoms with E-state index in [0.29, 0.717) is 0 Å². The highest BCUT2D eigenvalue weighted by Gasteiger charge is 2.38. The first-order chi connectivity index (χ1) is 11.5. The molecule has 143 valence electrons. The Hall–Kier alpha value is -0.530. The van der Waals surface area contributed by atoms with E-state index in [0.717, 1.165) is 51.4 Å². The average molecular weight is 340 g/mol. The summed E-state index contributed by atoms with van der Waals surface area (Å²) in [5.74, 6) is -1.08. The Morgan fingerprint density at radius 1 is 0.708 bits per heavy atom. The Labute approximate surface area is 151 Å². The van der Waals surface area contributed by atoms with Gasteiger partial charge in [-0.1, -0.05) is 105 Å². The molecule has 0 heterocycles. The van der Waals surface area contributed by atoms with Crippen LogP contribution in [0.15, 0.2) is 0 Å². The van der Waals surface area contributed by atoms with Crippen molar-refractivity contribution in [3.05, 3.63) is 0 Å². The number of carbonyl (C=O) groups is 1. The Morgan fingerprint density at radius 2 is 1.12 bits per heavy atom. The SMILES string of the molecule is CCCCCCCCCCC(C([O])=O)C(C)(CCCC)CCCC. The summed E-state index contributed by atoms with van der Waals surface area (Å²) in [4.78, 5) is 11.8. The summed E-state index contributed by atoms with van der Waals surface area (Å²) in [5, 5.41) is 11.8. The Kier molecular flexibility index (Phi) is 14.5. The van der Waals surface area contributed by atoms with Crippen LogP contribution in [0.3, 0.4) is 0 Å². The van der Waals surface area contributed by atoms with Gasteiger partial charge in [-0.15, -0.1) is 0 Å². The molecule has 24 heavy (non-hydrogen) atoms. The largest absolute Gasteiger partial charge is 0.359 e. The molecule has 2 heteroatoms. The van der Waals surface area contributed by atoms with Crippen molar-refractivity contribution in [2.45, 2.75) is 124 Å². The predicted octanol–water partition coefficient (Wildman–Crippen LogP) is 7.48. The maximum Gasteiger partial charge on any atom is 0.359 e. The molecule has 0 aliphatic rings. The summed E-state index contributed by atoms with van der Waals surface area (Å²) in [6, 6.07) is 0. The molecule has 0 aromatic rings. The van der Waals surface area contributed by atoms with Gasteiger partial charge < -0.3 is 0 Å². The lowest BCUT2D eigenvalue weighted by Crippen LogP contribution is -2.33. The van der Waals surface area contributed by atoms with Gasteiger partial charge in [-0.05, 0) is 24.7 Å². The van der Waals surface area contributed by atoms with Gasteiger partial charge >= 0.3 is 5.97 Å². The number of carbonyl (C=O) groups excluding carboxylic acids is 1. The molecule has 0 rings (SSSR count). The van der Waals surface area contributed by atoms with Crippen LogP contribution in [0.1, 0.15) is 124 Å². The van der Waals surface area contributed by atoms with Crippen LogP contribution in [0.4, 0.5) is 0 Å². The second kappa shape index (κ2) is 14.8. The van der Waals surface area contributed by atoms with E-state index in [1.54, 1.807) is 0 Å². The molecule has 0 saturated heterocycles. The van der Waals surface area contributed by atoms with E-state index in [1.165, 1.54) is 44.9 Å². The average Bonchev–Trinajstić information content (AvgIpc) is 2.56. The van der Waals surface area contributed by atoms with E-state index in [-0.39, 0.29) is 11.3 Å². The third-order valence-electron chi connectivity index (χ3n) is 5.68. The number of hydrogen-bond acceptors (Lipinski definition) is 1. The maximum atomic E-state index is 11.8. The van der Waals surface area contributed by atoms with Crippen LogP contribution in [-0.2, 0) is 9.90 Å². The first-order valence-corrected chi connectivity index (χ1v) is 10.7. The highest BCUT2D eigenvalue weighted by Crippen LogP contribution is 2.41. The molecule has 0 aromatic heterocycles. The summed E-state index contributed by atoms with van der Waals surface area (Å²) < 4.78 is 0. The summed E-state index contributed by atoms with van der Waals surface area (Å²) in [5.41, 5.74) is -0.0774. The highest BCUT2D eigenvalue weighted by atomic mass is 16.4. The molecule has 1 radical (unpaired) electrons. The zero-order valence-corrected chi connectivity index (χ0v) is 17.0. The van der Waals surface area contributed by atoms with Crippen molar-refractivity contribution in [2.75, 3.05) is 0 Å². The van der Waals surface area contributed by atoms with Crippen molar-refractivity contribution in [2.24, 2.45) is 11.3 Å². The highest BCUT2D eigenvalue weighted by molar-refractivity contribution is 5.70. The Morgan fingerprint density at radius 3 is 1.54 bits per heavy atom. The molecule has 0 N–H and O–H groups in total. The third-order valence-corrected chi connectivity index (χ3v) is 5.68. The molecule has 1 atom stereocenters. The minimum Gasteiger partial charge on any atom is -0.247 e. The van der Waals surface area contributed by atoms with Crippen LogP contribution < -0.4 is 0 Å². The molecule has 0 bridgehead atoms. The lowest BCUT2D eigenvalue weighted by atomic mass is 9.68. The zero-order chi connectivity index (χ0) is 18.3. The molecule has 0 saturated carbocycles. The molecule has 0 aliphatic carbocycles. The van der Waals surface area contributed by atoms with Gasteiger partial charge in [0.25, 0.3) is 0 Å². The van der Waals surface area contributed by atoms with Crippen molar-refractivity contribution in [1.82, 2.24) is 0 Å². The van der Waals surface area contributed by atoms with Gasteiger partial charge in [0, 0.05) is 0 Å². The molecular weight excluding hydrogens is 296 g/mol. The van der Waals surface area contributed by atoms with Crippen molar-refractivity contribution < 1.29 is 9.90 Å². The smallest absolute Gasteiger partial charge is 0.247 e. The molecule has 2 nitrogen and oxygen atoms in total. The predicted molar refractivity (Wildman–Crippen MR) is 104 cm³/mol. The van der Waals surface area contributed by atoms with Crippen molar-refractivity contribution in [1.29, 1.82) is 0 Å². The standard InChI is InChI=1S/C22H43O2/c1-5-8-11-12-13-14-15-16-17-20(21(23)24)22(4,18-9-6-2)19-10-7-3/h20H,5-19H2,1-4H3. The molecule has 1 unspecified atom stereocenters. The number of unbranched alkanes of at least 4 members (excludes halogenated alkanes) is 9. The minimum absolute atomic E-state index is 0.0774. The van der Waals surface area contributed by atoms with Gasteiger partial charge in [-0.3, -0.25) is 0 Å². The minimum atomic E-state index is -0.812. The van der Waals surface area contributed by atoms with Crippen LogP contribution in [0.2, 0.25) is 0 Å². The topological polar surface area (TPSA) is 37.0 Å². The molecular formula is C22H43O2. The normalized spacial score (nSPS) is 13.2. The monoisotopic (exact) mass is 339 g/mol. The van der Waals surface area contributed by atoms with E-state index < -0.39 is 5.97 Å². The maximum absolute atomic E-state index is 11.8. The summed E-state index contributed by atoms with van der Waals surface area (Å²) >= 11 is 0. The van der Waals surface area contributed by atoms with Gasteiger partial charge in [0.2, 0.25) is 0 Å². The van der Waals surface area contributed by atoms with Gasteiger partial charge in [-0.2, -0.15) is 0 Å². The van der Waals surface area contributed by atoms with Gasteiger partial charge in [0.05, 0.1) is 5.92 Å². The number of rotatable bonds is 17. The van der Waals surface area contributed by atoms with Gasteiger partial charge in [0.1, 0.15) is 0 Å². The second-order valence-electron chi connectivity index (χ2n) is 8.00. The quantitative estimate of drug-likeness (QED) is 0.253. The van der Waals surface area contributed by atoms with Crippen LogP contribution >= 0.6 is 0 Å². The summed E-state index contributed by atoms with van der Waals surface area (Å²) in [7, 11) is 0. The molecule has 0 aliphatic heterocycles. The van der Waals surface area contributed by atoms with Gasteiger partial charge in [-0.25, -0.2) is 9.90 Å². The van der Waals surface area contributed by atoms with Crippen LogP contribution in [0.5, 0.6) is 0 Å². The van der Waals surface area contributed by atoms with E-state index >= 15 is 0 Å². The third kappa shape index (κ3) is 10.4. The van der Waals surface area contributed by atoms with Crippen LogP contribution in [-0.4, -0.2) is 5.97 Å².